The van der Waals surface area contributed by atoms with Gasteiger partial charge >= 0.3 is 0 Å². The average Bonchev–Trinajstić information content (AvgIpc) is 2.79. The number of nitrogens with one attached hydrogen (secondary N) is 3. The van der Waals surface area contributed by atoms with Crippen LogP contribution in [0.1, 0.15) is 58.3 Å². The Hall–Kier alpha value is -1.87. The molecule has 6 atom stereocenters. The summed E-state index contributed by atoms with van der Waals surface area (Å²) >= 11 is 0. The Morgan fingerprint density at radius 3 is 2.22 bits per heavy atom. The highest BCUT2D eigenvalue weighted by molar-refractivity contribution is 5.89. The highest BCUT2D eigenvalue weighted by Crippen LogP contribution is 2.23. The second-order valence-corrected chi connectivity index (χ2v) is 7.65. The first-order chi connectivity index (χ1) is 15.3. The lowest BCUT2D eigenvalue weighted by atomic mass is 9.97. The van der Waals surface area contributed by atoms with Gasteiger partial charge in [-0.15, -0.1) is 0 Å². The molecule has 8 N–H and O–H groups in total. The predicted octanol–water partition coefficient (Wildman–Crippen LogP) is -1.55. The maximum Gasteiger partial charge on any atom is 0.265 e. The first kappa shape index (κ1) is 28.2. The van der Waals surface area contributed by atoms with Crippen molar-refractivity contribution < 1.29 is 49.6 Å². The Bertz CT molecular complexity index is 594. The third-order valence-corrected chi connectivity index (χ3v) is 5.14. The van der Waals surface area contributed by atoms with Crippen LogP contribution in [0.5, 0.6) is 0 Å². The van der Waals surface area contributed by atoms with Gasteiger partial charge in [-0.3, -0.25) is 24.8 Å². The van der Waals surface area contributed by atoms with Crippen LogP contribution >= 0.6 is 0 Å². The quantitative estimate of drug-likeness (QED) is 0.0841. The molecule has 0 bridgehead atoms. The summed E-state index contributed by atoms with van der Waals surface area (Å²) in [6.07, 6.45) is -2.93. The molecule has 1 unspecified atom stereocenters. The van der Waals surface area contributed by atoms with Crippen LogP contribution in [0.2, 0.25) is 0 Å². The third-order valence-electron chi connectivity index (χ3n) is 5.14. The van der Waals surface area contributed by atoms with Crippen LogP contribution in [0.3, 0.4) is 0 Å². The average molecular weight is 466 g/mol. The van der Waals surface area contributed by atoms with Crippen molar-refractivity contribution in [2.24, 2.45) is 0 Å². The smallest absolute Gasteiger partial charge is 0.265 e. The molecule has 32 heavy (non-hydrogen) atoms. The maximum absolute atomic E-state index is 12.6. The molecule has 1 fully saturated rings. The number of carbonyl (C=O) groups excluding carboxylic acids is 3. The highest BCUT2D eigenvalue weighted by atomic mass is 16.7. The summed E-state index contributed by atoms with van der Waals surface area (Å²) in [5.74, 6) is -2.91. The van der Waals surface area contributed by atoms with E-state index in [-0.39, 0.29) is 19.4 Å². The number of amides is 3. The minimum Gasteiger partial charge on any atom is -0.387 e. The molecule has 1 heterocycles. The number of unbranched alkanes of at least 4 members (excludes halogenated alkanes) is 5. The van der Waals surface area contributed by atoms with Gasteiger partial charge in [0.25, 0.3) is 11.8 Å². The van der Waals surface area contributed by atoms with E-state index in [1.807, 2.05) is 0 Å². The van der Waals surface area contributed by atoms with Crippen molar-refractivity contribution in [3.05, 3.63) is 0 Å². The molecule has 1 aliphatic heterocycles. The summed E-state index contributed by atoms with van der Waals surface area (Å²) in [4.78, 5) is 35.5. The summed E-state index contributed by atoms with van der Waals surface area (Å²) in [5, 5.41) is 49.9. The van der Waals surface area contributed by atoms with Crippen molar-refractivity contribution in [2.45, 2.75) is 95.0 Å². The van der Waals surface area contributed by atoms with Crippen LogP contribution in [0.4, 0.5) is 0 Å². The number of aliphatic hydroxyl groups excluding tert-OH is 3. The lowest BCUT2D eigenvalue weighted by Crippen LogP contribution is -2.63. The minimum absolute atomic E-state index is 0.205. The van der Waals surface area contributed by atoms with Crippen molar-refractivity contribution >= 4 is 17.7 Å². The van der Waals surface area contributed by atoms with Crippen molar-refractivity contribution in [3.8, 4) is 0 Å². The number of hydroxylamine groups is 2. The second kappa shape index (κ2) is 15.1. The van der Waals surface area contributed by atoms with E-state index in [2.05, 4.69) is 12.2 Å². The summed E-state index contributed by atoms with van der Waals surface area (Å²) in [5.41, 5.74) is 2.71. The molecule has 1 rings (SSSR count). The van der Waals surface area contributed by atoms with E-state index in [0.717, 1.165) is 32.1 Å². The van der Waals surface area contributed by atoms with E-state index < -0.39 is 54.5 Å². The number of rotatable bonds is 14. The van der Waals surface area contributed by atoms with Gasteiger partial charge in [0.2, 0.25) is 5.91 Å². The van der Waals surface area contributed by atoms with Crippen LogP contribution < -0.4 is 16.3 Å². The molecule has 1 saturated heterocycles. The zero-order valence-electron chi connectivity index (χ0n) is 18.1. The first-order valence-corrected chi connectivity index (χ1v) is 10.7. The van der Waals surface area contributed by atoms with E-state index >= 15 is 0 Å². The molecule has 0 saturated carbocycles. The van der Waals surface area contributed by atoms with Gasteiger partial charge in [0, 0.05) is 13.0 Å². The fraction of sp³-hybridized carbons (Fsp3) is 0.842. The summed E-state index contributed by atoms with van der Waals surface area (Å²) in [6, 6.07) is -1.41. The van der Waals surface area contributed by atoms with Gasteiger partial charge in [0.05, 0.1) is 0 Å². The zero-order chi connectivity index (χ0) is 24.1. The summed E-state index contributed by atoms with van der Waals surface area (Å²) in [7, 11) is 0. The SMILES string of the molecule is CCCCCCCCO[C@H]1O[C@H](C(=O)NC(CCC(=O)NO)C(=O)NO)[C@@H](O)[C@H](O)[C@H]1O. The van der Waals surface area contributed by atoms with E-state index in [1.54, 1.807) is 0 Å². The van der Waals surface area contributed by atoms with Crippen LogP contribution in [0.15, 0.2) is 0 Å². The van der Waals surface area contributed by atoms with Crippen LogP contribution in [-0.2, 0) is 23.9 Å². The number of aliphatic hydroxyl groups is 3. The van der Waals surface area contributed by atoms with Gasteiger partial charge in [0.15, 0.2) is 12.4 Å². The maximum atomic E-state index is 12.6. The Balaban J connectivity index is 2.67. The Kier molecular flexibility index (Phi) is 13.2. The zero-order valence-corrected chi connectivity index (χ0v) is 18.1. The van der Waals surface area contributed by atoms with E-state index in [9.17, 15) is 29.7 Å². The molecule has 0 aromatic rings. The van der Waals surface area contributed by atoms with Crippen LogP contribution in [0.25, 0.3) is 0 Å². The monoisotopic (exact) mass is 465 g/mol. The number of hydrogen-bond acceptors (Lipinski definition) is 10. The highest BCUT2D eigenvalue weighted by Gasteiger charge is 2.47. The molecule has 0 aromatic heterocycles. The lowest BCUT2D eigenvalue weighted by molar-refractivity contribution is -0.290. The van der Waals surface area contributed by atoms with Gasteiger partial charge in [0.1, 0.15) is 24.4 Å². The molecule has 13 nitrogen and oxygen atoms in total. The lowest BCUT2D eigenvalue weighted by Gasteiger charge is -2.39. The van der Waals surface area contributed by atoms with Gasteiger partial charge < -0.3 is 30.1 Å². The first-order valence-electron chi connectivity index (χ1n) is 10.7. The number of carbonyl (C=O) groups is 3. The molecule has 186 valence electrons. The fourth-order valence-corrected chi connectivity index (χ4v) is 3.22. The topological polar surface area (TPSA) is 207 Å². The standard InChI is InChI=1S/C19H35N3O10/c1-2-3-4-5-6-7-10-31-19-15(26)13(24)14(25)16(32-19)18(28)20-11(17(27)22-30)8-9-12(23)21-29/h11,13-16,19,24-26,29-30H,2-10H2,1H3,(H,20,28)(H,21,23)(H,22,27)/t11?,13-,14-,15+,16-,19-/m0/s1. The minimum atomic E-state index is -1.82. The molecular weight excluding hydrogens is 430 g/mol. The molecule has 3 amide bonds. The molecule has 0 radical (unpaired) electrons. The fourth-order valence-electron chi connectivity index (χ4n) is 3.22. The van der Waals surface area contributed by atoms with Crippen molar-refractivity contribution in [3.63, 3.8) is 0 Å². The number of hydrogen-bond donors (Lipinski definition) is 8. The van der Waals surface area contributed by atoms with Crippen molar-refractivity contribution in [2.75, 3.05) is 6.61 Å². The van der Waals surface area contributed by atoms with Gasteiger partial charge in [-0.2, -0.15) is 0 Å². The Morgan fingerprint density at radius 2 is 1.59 bits per heavy atom. The molecule has 13 heteroatoms. The predicted molar refractivity (Wildman–Crippen MR) is 107 cm³/mol. The Morgan fingerprint density at radius 1 is 0.938 bits per heavy atom. The van der Waals surface area contributed by atoms with Gasteiger partial charge in [-0.05, 0) is 12.8 Å². The van der Waals surface area contributed by atoms with Crippen molar-refractivity contribution in [1.82, 2.24) is 16.3 Å². The number of ether oxygens (including phenoxy) is 2. The molecule has 0 aliphatic carbocycles. The molecule has 0 spiro atoms. The van der Waals surface area contributed by atoms with E-state index in [1.165, 1.54) is 11.0 Å². The molecule has 0 aromatic carbocycles. The van der Waals surface area contributed by atoms with Gasteiger partial charge in [-0.1, -0.05) is 39.0 Å². The van der Waals surface area contributed by atoms with E-state index in [0.29, 0.717) is 6.42 Å². The van der Waals surface area contributed by atoms with Crippen LogP contribution in [-0.4, -0.2) is 86.8 Å². The molecular formula is C19H35N3O10. The van der Waals surface area contributed by atoms with Crippen molar-refractivity contribution in [1.29, 1.82) is 0 Å². The van der Waals surface area contributed by atoms with Gasteiger partial charge in [-0.25, -0.2) is 11.0 Å². The Labute approximate surface area is 186 Å². The van der Waals surface area contributed by atoms with E-state index in [4.69, 9.17) is 19.9 Å². The second-order valence-electron chi connectivity index (χ2n) is 7.65. The van der Waals surface area contributed by atoms with Crippen LogP contribution in [0, 0.1) is 0 Å². The summed E-state index contributed by atoms with van der Waals surface area (Å²) in [6.45, 7) is 2.32. The molecule has 1 aliphatic rings. The largest absolute Gasteiger partial charge is 0.387 e. The summed E-state index contributed by atoms with van der Waals surface area (Å²) < 4.78 is 10.8. The third kappa shape index (κ3) is 8.94. The normalized spacial score (nSPS) is 26.2.